The Kier molecular flexibility index (Phi) is 9.58. The number of carboxylic acid groups (broad SMARTS) is 1. The topological polar surface area (TPSA) is 265 Å². The van der Waals surface area contributed by atoms with E-state index in [1.54, 1.807) is 0 Å². The Labute approximate surface area is 175 Å². The third kappa shape index (κ3) is 9.35. The van der Waals surface area contributed by atoms with Crippen molar-refractivity contribution in [2.45, 2.75) is 37.4 Å². The van der Waals surface area contributed by atoms with E-state index in [4.69, 9.17) is 17.2 Å². The minimum absolute atomic E-state index is 0.133. The summed E-state index contributed by atoms with van der Waals surface area (Å²) in [6, 6.07) is -4.15. The summed E-state index contributed by atoms with van der Waals surface area (Å²) in [7, 11) is 0. The molecule has 1 aromatic heterocycles. The molecule has 0 aliphatic carbocycles. The average molecular weight is 440 g/mol. The summed E-state index contributed by atoms with van der Waals surface area (Å²) in [6.45, 7) is -0.635. The predicted molar refractivity (Wildman–Crippen MR) is 102 cm³/mol. The van der Waals surface area contributed by atoms with E-state index in [0.29, 0.717) is 5.69 Å². The quantitative estimate of drug-likeness (QED) is 0.146. The molecule has 1 heterocycles. The molecule has 3 atom stereocenters. The van der Waals surface area contributed by atoms with Gasteiger partial charge in [0.25, 0.3) is 0 Å². The average Bonchev–Trinajstić information content (AvgIpc) is 3.17. The van der Waals surface area contributed by atoms with Crippen LogP contribution in [-0.4, -0.2) is 75.2 Å². The van der Waals surface area contributed by atoms with Gasteiger partial charge in [0.1, 0.15) is 12.1 Å². The molecule has 1 aromatic rings. The van der Waals surface area contributed by atoms with Gasteiger partial charge in [-0.3, -0.25) is 24.0 Å². The third-order valence-electron chi connectivity index (χ3n) is 3.83. The van der Waals surface area contributed by atoms with E-state index >= 15 is 0 Å². The third-order valence-corrected chi connectivity index (χ3v) is 3.83. The Hall–Kier alpha value is -4.01. The van der Waals surface area contributed by atoms with Crippen molar-refractivity contribution in [1.29, 1.82) is 0 Å². The second-order valence-corrected chi connectivity index (χ2v) is 6.47. The summed E-state index contributed by atoms with van der Waals surface area (Å²) >= 11 is 0. The number of primary amides is 2. The second-order valence-electron chi connectivity index (χ2n) is 6.47. The fourth-order valence-electron chi connectivity index (χ4n) is 2.35. The molecule has 0 saturated heterocycles. The highest BCUT2D eigenvalue weighted by atomic mass is 16.4. The van der Waals surface area contributed by atoms with Crippen molar-refractivity contribution < 1.29 is 33.9 Å². The van der Waals surface area contributed by atoms with Crippen molar-refractivity contribution in [2.24, 2.45) is 17.2 Å². The Morgan fingerprint density at radius 1 is 1.00 bits per heavy atom. The first-order chi connectivity index (χ1) is 14.5. The number of hydrogen-bond acceptors (Lipinski definition) is 8. The lowest BCUT2D eigenvalue weighted by Crippen LogP contribution is -2.55. The van der Waals surface area contributed by atoms with E-state index < -0.39 is 73.0 Å². The van der Waals surface area contributed by atoms with Gasteiger partial charge in [-0.15, -0.1) is 0 Å². The maximum atomic E-state index is 12.4. The smallest absolute Gasteiger partial charge is 0.326 e. The number of carbonyl (C=O) groups is 6. The largest absolute Gasteiger partial charge is 0.480 e. The van der Waals surface area contributed by atoms with E-state index in [2.05, 4.69) is 25.9 Å². The summed E-state index contributed by atoms with van der Waals surface area (Å²) in [6.07, 6.45) is 1.51. The van der Waals surface area contributed by atoms with Crippen molar-refractivity contribution in [1.82, 2.24) is 25.9 Å². The molecule has 0 saturated carbocycles. The first kappa shape index (κ1) is 25.0. The summed E-state index contributed by atoms with van der Waals surface area (Å²) < 4.78 is 0. The molecule has 5 amide bonds. The number of aromatic nitrogens is 2. The summed E-state index contributed by atoms with van der Waals surface area (Å²) in [5, 5.41) is 15.8. The number of rotatable bonds is 13. The van der Waals surface area contributed by atoms with Crippen LogP contribution >= 0.6 is 0 Å². The zero-order valence-electron chi connectivity index (χ0n) is 16.3. The molecule has 0 aliphatic heterocycles. The van der Waals surface area contributed by atoms with Gasteiger partial charge in [-0.05, 0) is 0 Å². The van der Waals surface area contributed by atoms with E-state index in [1.807, 2.05) is 0 Å². The van der Waals surface area contributed by atoms with Crippen LogP contribution < -0.4 is 33.2 Å². The summed E-state index contributed by atoms with van der Waals surface area (Å²) in [4.78, 5) is 76.1. The highest BCUT2D eigenvalue weighted by molar-refractivity contribution is 5.95. The highest BCUT2D eigenvalue weighted by Crippen LogP contribution is 2.01. The van der Waals surface area contributed by atoms with Gasteiger partial charge in [0, 0.05) is 18.3 Å². The number of carbonyl (C=O) groups excluding carboxylic acids is 5. The van der Waals surface area contributed by atoms with Gasteiger partial charge < -0.3 is 43.2 Å². The van der Waals surface area contributed by atoms with Crippen LogP contribution in [0.3, 0.4) is 0 Å². The number of nitrogens with two attached hydrogens (primary N) is 3. The molecule has 0 aliphatic rings. The fourth-order valence-corrected chi connectivity index (χ4v) is 2.35. The van der Waals surface area contributed by atoms with Gasteiger partial charge in [0.15, 0.2) is 0 Å². The van der Waals surface area contributed by atoms with Crippen LogP contribution in [0.5, 0.6) is 0 Å². The van der Waals surface area contributed by atoms with E-state index in [-0.39, 0.29) is 6.42 Å². The Bertz CT molecular complexity index is 826. The molecule has 0 spiro atoms. The number of H-pyrrole nitrogens is 1. The minimum atomic E-state index is -1.50. The van der Waals surface area contributed by atoms with E-state index in [1.165, 1.54) is 12.5 Å². The lowest BCUT2D eigenvalue weighted by molar-refractivity contribution is -0.142. The monoisotopic (exact) mass is 440 g/mol. The molecule has 0 aromatic carbocycles. The van der Waals surface area contributed by atoms with Gasteiger partial charge in [-0.25, -0.2) is 9.78 Å². The standard InChI is InChI=1S/C16H24N8O7/c17-8(2-11(18)25)14(28)21-5-13(27)23-9(3-12(19)26)15(29)24-10(16(30)31)1-7-4-20-6-22-7/h4,6,8-10H,1-3,5,17H2,(H2,18,25)(H2,19,26)(H,20,22)(H,21,28)(H,23,27)(H,24,29)(H,30,31). The molecule has 15 heteroatoms. The number of hydrogen-bond donors (Lipinski definition) is 8. The van der Waals surface area contributed by atoms with Gasteiger partial charge in [0.2, 0.25) is 29.5 Å². The van der Waals surface area contributed by atoms with Crippen LogP contribution in [0, 0.1) is 0 Å². The van der Waals surface area contributed by atoms with Crippen molar-refractivity contribution in [2.75, 3.05) is 6.54 Å². The van der Waals surface area contributed by atoms with Crippen LogP contribution in [0.15, 0.2) is 12.5 Å². The Balaban J connectivity index is 2.71. The van der Waals surface area contributed by atoms with Gasteiger partial charge in [0.05, 0.1) is 31.8 Å². The molecular weight excluding hydrogens is 416 g/mol. The molecule has 0 radical (unpaired) electrons. The van der Waals surface area contributed by atoms with Crippen LogP contribution in [-0.2, 0) is 35.2 Å². The summed E-state index contributed by atoms with van der Waals surface area (Å²) in [5.41, 5.74) is 15.9. The lowest BCUT2D eigenvalue weighted by Gasteiger charge is -2.20. The van der Waals surface area contributed by atoms with Crippen LogP contribution in [0.1, 0.15) is 18.5 Å². The van der Waals surface area contributed by atoms with E-state index in [9.17, 15) is 33.9 Å². The van der Waals surface area contributed by atoms with Crippen molar-refractivity contribution in [3.63, 3.8) is 0 Å². The molecule has 31 heavy (non-hydrogen) atoms. The fraction of sp³-hybridized carbons (Fsp3) is 0.438. The zero-order valence-corrected chi connectivity index (χ0v) is 16.3. The van der Waals surface area contributed by atoms with Gasteiger partial charge in [-0.2, -0.15) is 0 Å². The van der Waals surface area contributed by atoms with Crippen molar-refractivity contribution in [3.05, 3.63) is 18.2 Å². The molecule has 0 bridgehead atoms. The normalized spacial score (nSPS) is 13.3. The maximum absolute atomic E-state index is 12.4. The minimum Gasteiger partial charge on any atom is -0.480 e. The first-order valence-corrected chi connectivity index (χ1v) is 8.89. The van der Waals surface area contributed by atoms with Gasteiger partial charge in [-0.1, -0.05) is 0 Å². The highest BCUT2D eigenvalue weighted by Gasteiger charge is 2.28. The van der Waals surface area contributed by atoms with Crippen LogP contribution in [0.2, 0.25) is 0 Å². The Morgan fingerprint density at radius 2 is 1.65 bits per heavy atom. The molecule has 170 valence electrons. The van der Waals surface area contributed by atoms with Crippen LogP contribution in [0.25, 0.3) is 0 Å². The van der Waals surface area contributed by atoms with Crippen molar-refractivity contribution >= 4 is 35.5 Å². The zero-order chi connectivity index (χ0) is 23.6. The second kappa shape index (κ2) is 11.9. The molecule has 15 nitrogen and oxygen atoms in total. The van der Waals surface area contributed by atoms with E-state index in [0.717, 1.165) is 0 Å². The number of amides is 5. The first-order valence-electron chi connectivity index (χ1n) is 8.89. The SMILES string of the molecule is NC(=O)CC(N)C(=O)NCC(=O)NC(CC(N)=O)C(=O)NC(Cc1cnc[nH]1)C(=O)O. The molecular formula is C16H24N8O7. The van der Waals surface area contributed by atoms with Gasteiger partial charge >= 0.3 is 5.97 Å². The number of imidazole rings is 1. The Morgan fingerprint density at radius 3 is 2.16 bits per heavy atom. The van der Waals surface area contributed by atoms with Crippen molar-refractivity contribution in [3.8, 4) is 0 Å². The number of aromatic amines is 1. The molecule has 1 rings (SSSR count). The molecule has 3 unspecified atom stereocenters. The maximum Gasteiger partial charge on any atom is 0.326 e. The number of aliphatic carboxylic acids is 1. The predicted octanol–water partition coefficient (Wildman–Crippen LogP) is -4.80. The molecule has 0 fully saturated rings. The molecule has 11 N–H and O–H groups in total. The number of carboxylic acids is 1. The van der Waals surface area contributed by atoms with Crippen LogP contribution in [0.4, 0.5) is 0 Å². The number of nitrogens with one attached hydrogen (secondary N) is 4. The lowest BCUT2D eigenvalue weighted by atomic mass is 10.1. The number of nitrogens with zero attached hydrogens (tertiary/aromatic N) is 1. The summed E-state index contributed by atoms with van der Waals surface area (Å²) in [5.74, 6) is -5.81.